The number of furan rings is 1. The number of amides is 2. The molecule has 0 spiro atoms. The zero-order valence-corrected chi connectivity index (χ0v) is 12.9. The fourth-order valence-electron chi connectivity index (χ4n) is 1.37. The van der Waals surface area contributed by atoms with Crippen molar-refractivity contribution >= 4 is 39.3 Å². The summed E-state index contributed by atoms with van der Waals surface area (Å²) in [5, 5.41) is 0.398. The molecule has 0 bridgehead atoms. The Morgan fingerprint density at radius 3 is 2.62 bits per heavy atom. The molecule has 1 heterocycles. The molecule has 0 radical (unpaired) electrons. The first-order valence-corrected chi connectivity index (χ1v) is 6.95. The lowest BCUT2D eigenvalue weighted by atomic mass is 10.3. The fraction of sp³-hybridized carbons (Fsp3) is 0.0769. The van der Waals surface area contributed by atoms with Crippen LogP contribution in [-0.4, -0.2) is 18.4 Å². The van der Waals surface area contributed by atoms with Gasteiger partial charge in [0.25, 0.3) is 5.91 Å². The maximum absolute atomic E-state index is 11.6. The number of halogens is 2. The summed E-state index contributed by atoms with van der Waals surface area (Å²) in [6.07, 6.45) is 0. The molecule has 0 atom stereocenters. The highest BCUT2D eigenvalue weighted by atomic mass is 79.9. The molecule has 2 rings (SSSR count). The highest BCUT2D eigenvalue weighted by Gasteiger charge is 2.11. The van der Waals surface area contributed by atoms with E-state index in [1.807, 2.05) is 0 Å². The second kappa shape index (κ2) is 7.14. The number of hydrogen-bond donors (Lipinski definition) is 2. The summed E-state index contributed by atoms with van der Waals surface area (Å²) in [4.78, 5) is 23.1. The molecule has 0 saturated heterocycles. The van der Waals surface area contributed by atoms with Crippen molar-refractivity contribution in [2.24, 2.45) is 0 Å². The van der Waals surface area contributed by atoms with Crippen LogP contribution in [-0.2, 0) is 4.79 Å². The molecule has 2 amide bonds. The smallest absolute Gasteiger partial charge is 0.305 e. The van der Waals surface area contributed by atoms with Crippen LogP contribution < -0.4 is 15.6 Å². The van der Waals surface area contributed by atoms with Crippen LogP contribution in [0.5, 0.6) is 5.75 Å². The van der Waals surface area contributed by atoms with Gasteiger partial charge in [-0.3, -0.25) is 20.4 Å². The van der Waals surface area contributed by atoms with E-state index in [-0.39, 0.29) is 12.4 Å². The van der Waals surface area contributed by atoms with E-state index < -0.39 is 11.8 Å². The molecule has 1 aromatic heterocycles. The van der Waals surface area contributed by atoms with Crippen LogP contribution in [0.4, 0.5) is 0 Å². The summed E-state index contributed by atoms with van der Waals surface area (Å²) in [6.45, 7) is -0.286. The third-order valence-corrected chi connectivity index (χ3v) is 3.05. The number of carbonyl (C=O) groups is 2. The maximum Gasteiger partial charge on any atom is 0.305 e. The Labute approximate surface area is 133 Å². The first-order valence-electron chi connectivity index (χ1n) is 5.78. The quantitative estimate of drug-likeness (QED) is 0.807. The number of benzene rings is 1. The monoisotopic (exact) mass is 372 g/mol. The summed E-state index contributed by atoms with van der Waals surface area (Å²) in [5.41, 5.74) is 4.39. The Balaban J connectivity index is 1.78. The number of ether oxygens (including phenoxy) is 1. The lowest BCUT2D eigenvalue weighted by Gasteiger charge is -2.08. The molecule has 0 saturated carbocycles. The predicted octanol–water partition coefficient (Wildman–Crippen LogP) is 2.54. The topological polar surface area (TPSA) is 80.6 Å². The molecule has 0 aliphatic heterocycles. The van der Waals surface area contributed by atoms with Gasteiger partial charge in [-0.25, -0.2) is 0 Å². The van der Waals surface area contributed by atoms with Crippen molar-refractivity contribution in [3.63, 3.8) is 0 Å². The minimum absolute atomic E-state index is 0.0641. The van der Waals surface area contributed by atoms with Crippen molar-refractivity contribution in [1.29, 1.82) is 0 Å². The van der Waals surface area contributed by atoms with Gasteiger partial charge < -0.3 is 9.15 Å². The molecule has 21 heavy (non-hydrogen) atoms. The molecule has 0 unspecified atom stereocenters. The van der Waals surface area contributed by atoms with Crippen LogP contribution in [0.15, 0.2) is 45.5 Å². The van der Waals surface area contributed by atoms with Gasteiger partial charge in [-0.15, -0.1) is 0 Å². The predicted molar refractivity (Wildman–Crippen MR) is 79.0 cm³/mol. The summed E-state index contributed by atoms with van der Waals surface area (Å²) in [6, 6.07) is 9.79. The van der Waals surface area contributed by atoms with E-state index in [1.165, 1.54) is 6.07 Å². The highest BCUT2D eigenvalue weighted by Crippen LogP contribution is 2.22. The Morgan fingerprint density at radius 2 is 1.95 bits per heavy atom. The van der Waals surface area contributed by atoms with Gasteiger partial charge in [0.05, 0.1) is 5.02 Å². The summed E-state index contributed by atoms with van der Waals surface area (Å²) >= 11 is 8.95. The van der Waals surface area contributed by atoms with Gasteiger partial charge in [-0.1, -0.05) is 23.7 Å². The third kappa shape index (κ3) is 4.51. The van der Waals surface area contributed by atoms with E-state index in [9.17, 15) is 9.59 Å². The van der Waals surface area contributed by atoms with Gasteiger partial charge in [0.2, 0.25) is 0 Å². The normalized spacial score (nSPS) is 10.0. The first kappa shape index (κ1) is 15.4. The molecule has 2 aromatic rings. The van der Waals surface area contributed by atoms with Crippen LogP contribution in [0.3, 0.4) is 0 Å². The molecular weight excluding hydrogens is 364 g/mol. The Morgan fingerprint density at radius 1 is 1.19 bits per heavy atom. The van der Waals surface area contributed by atoms with Crippen molar-refractivity contribution in [3.8, 4) is 5.75 Å². The Hall–Kier alpha value is -1.99. The molecule has 1 aromatic carbocycles. The summed E-state index contributed by atoms with van der Waals surface area (Å²) < 4.78 is 10.7. The number of carbonyl (C=O) groups excluding carboxylic acids is 2. The Bertz CT molecular complexity index is 659. The second-order valence-electron chi connectivity index (χ2n) is 3.83. The van der Waals surface area contributed by atoms with Crippen molar-refractivity contribution < 1.29 is 18.7 Å². The fourth-order valence-corrected chi connectivity index (χ4v) is 1.86. The van der Waals surface area contributed by atoms with Crippen LogP contribution >= 0.6 is 27.5 Å². The molecule has 6 nitrogen and oxygen atoms in total. The average molecular weight is 374 g/mol. The van der Waals surface area contributed by atoms with E-state index in [2.05, 4.69) is 26.8 Å². The number of rotatable bonds is 4. The number of hydrogen-bond acceptors (Lipinski definition) is 4. The van der Waals surface area contributed by atoms with E-state index in [0.29, 0.717) is 15.4 Å². The lowest BCUT2D eigenvalue weighted by molar-refractivity contribution is -0.123. The molecule has 2 N–H and O–H groups in total. The molecular formula is C13H10BrClN2O4. The van der Waals surface area contributed by atoms with Gasteiger partial charge in [0.15, 0.2) is 17.0 Å². The number of para-hydroxylation sites is 1. The highest BCUT2D eigenvalue weighted by molar-refractivity contribution is 9.10. The summed E-state index contributed by atoms with van der Waals surface area (Å²) in [5.74, 6) is -0.662. The lowest BCUT2D eigenvalue weighted by Crippen LogP contribution is -2.43. The molecule has 0 aliphatic rings. The van der Waals surface area contributed by atoms with Gasteiger partial charge >= 0.3 is 5.91 Å². The van der Waals surface area contributed by atoms with E-state index in [1.54, 1.807) is 30.3 Å². The minimum atomic E-state index is -0.577. The van der Waals surface area contributed by atoms with Gasteiger partial charge in [0, 0.05) is 0 Å². The Kier molecular flexibility index (Phi) is 5.24. The van der Waals surface area contributed by atoms with Gasteiger partial charge in [-0.05, 0) is 40.2 Å². The molecule has 8 heteroatoms. The van der Waals surface area contributed by atoms with Crippen molar-refractivity contribution in [2.45, 2.75) is 0 Å². The number of nitrogens with one attached hydrogen (secondary N) is 2. The van der Waals surface area contributed by atoms with Gasteiger partial charge in [-0.2, -0.15) is 0 Å². The minimum Gasteiger partial charge on any atom is -0.482 e. The molecule has 0 aliphatic carbocycles. The standard InChI is InChI=1S/C13H10BrClN2O4/c14-11-6-5-10(21-11)13(19)17-16-12(18)7-20-9-4-2-1-3-8(9)15/h1-6H,7H2,(H,16,18)(H,17,19). The molecule has 110 valence electrons. The zero-order chi connectivity index (χ0) is 15.2. The van der Waals surface area contributed by atoms with Crippen LogP contribution in [0.2, 0.25) is 5.02 Å². The largest absolute Gasteiger partial charge is 0.482 e. The second-order valence-corrected chi connectivity index (χ2v) is 5.01. The van der Waals surface area contributed by atoms with Gasteiger partial charge in [0.1, 0.15) is 5.75 Å². The summed E-state index contributed by atoms with van der Waals surface area (Å²) in [7, 11) is 0. The SMILES string of the molecule is O=C(COc1ccccc1Cl)NNC(=O)c1ccc(Br)o1. The van der Waals surface area contributed by atoms with Crippen molar-refractivity contribution in [1.82, 2.24) is 10.9 Å². The van der Waals surface area contributed by atoms with Crippen LogP contribution in [0.25, 0.3) is 0 Å². The molecule has 0 fully saturated rings. The average Bonchev–Trinajstić information content (AvgIpc) is 2.90. The first-order chi connectivity index (χ1) is 10.1. The third-order valence-electron chi connectivity index (χ3n) is 2.31. The maximum atomic E-state index is 11.6. The van der Waals surface area contributed by atoms with Crippen molar-refractivity contribution in [2.75, 3.05) is 6.61 Å². The van der Waals surface area contributed by atoms with E-state index in [0.717, 1.165) is 0 Å². The van der Waals surface area contributed by atoms with Crippen LogP contribution in [0, 0.1) is 0 Å². The number of hydrazine groups is 1. The zero-order valence-electron chi connectivity index (χ0n) is 10.6. The van der Waals surface area contributed by atoms with E-state index in [4.69, 9.17) is 20.8 Å². The van der Waals surface area contributed by atoms with Crippen LogP contribution in [0.1, 0.15) is 10.6 Å². The van der Waals surface area contributed by atoms with Crippen molar-refractivity contribution in [3.05, 3.63) is 51.9 Å². The van der Waals surface area contributed by atoms with E-state index >= 15 is 0 Å².